The van der Waals surface area contributed by atoms with Crippen LogP contribution in [0, 0.1) is 0 Å². The maximum Gasteiger partial charge on any atom is 0.225 e. The van der Waals surface area contributed by atoms with Gasteiger partial charge in [0.05, 0.1) is 12.5 Å². The molecule has 0 saturated carbocycles. The van der Waals surface area contributed by atoms with E-state index in [2.05, 4.69) is 24.9 Å². The summed E-state index contributed by atoms with van der Waals surface area (Å²) in [6, 6.07) is 7.77. The standard InChI is InChI=1S/C9H7NO.C5H2Cl2N4/c1-2-4-9-8(3-1)7-10-5-6-11-9;6-3-2-4(9-1-8-2)11-5(7)10-3/h1-7H;1H,(H,8,9,10,11). The molecule has 1 aliphatic heterocycles. The fourth-order valence-electron chi connectivity index (χ4n) is 1.73. The Morgan fingerprint density at radius 1 is 1.09 bits per heavy atom. The van der Waals surface area contributed by atoms with Crippen molar-refractivity contribution in [2.45, 2.75) is 0 Å². The van der Waals surface area contributed by atoms with Gasteiger partial charge in [-0.25, -0.2) is 9.97 Å². The average molecular weight is 334 g/mol. The Kier molecular flexibility index (Phi) is 4.32. The predicted molar refractivity (Wildman–Crippen MR) is 85.5 cm³/mol. The molecular weight excluding hydrogens is 325 g/mol. The number of ether oxygens (including phenoxy) is 1. The first-order valence-corrected chi connectivity index (χ1v) is 6.95. The predicted octanol–water partition coefficient (Wildman–Crippen LogP) is 3.63. The lowest BCUT2D eigenvalue weighted by atomic mass is 10.2. The average Bonchev–Trinajstić information content (AvgIpc) is 2.85. The minimum absolute atomic E-state index is 0.106. The monoisotopic (exact) mass is 333 g/mol. The highest BCUT2D eigenvalue weighted by molar-refractivity contribution is 6.35. The van der Waals surface area contributed by atoms with Crippen LogP contribution in [-0.4, -0.2) is 26.2 Å². The number of aromatic amines is 1. The summed E-state index contributed by atoms with van der Waals surface area (Å²) < 4.78 is 5.24. The third-order valence-electron chi connectivity index (χ3n) is 2.69. The molecule has 0 spiro atoms. The Labute approximate surface area is 135 Å². The van der Waals surface area contributed by atoms with Gasteiger partial charge in [-0.05, 0) is 23.7 Å². The van der Waals surface area contributed by atoms with Crippen LogP contribution in [0.15, 0.2) is 48.0 Å². The van der Waals surface area contributed by atoms with E-state index in [-0.39, 0.29) is 10.4 Å². The van der Waals surface area contributed by atoms with Crippen molar-refractivity contribution in [3.05, 3.63) is 59.1 Å². The molecule has 0 aliphatic carbocycles. The molecule has 2 aromatic heterocycles. The molecule has 1 aliphatic rings. The number of para-hydroxylation sites is 1. The zero-order chi connectivity index (χ0) is 15.4. The number of hydrogen-bond acceptors (Lipinski definition) is 5. The largest absolute Gasteiger partial charge is 0.463 e. The number of fused-ring (bicyclic) bond motifs is 2. The van der Waals surface area contributed by atoms with Gasteiger partial charge in [-0.3, -0.25) is 4.99 Å². The summed E-state index contributed by atoms with van der Waals surface area (Å²) in [6.07, 6.45) is 6.46. The summed E-state index contributed by atoms with van der Waals surface area (Å²) >= 11 is 11.2. The zero-order valence-corrected chi connectivity index (χ0v) is 12.6. The van der Waals surface area contributed by atoms with Crippen LogP contribution in [0.4, 0.5) is 0 Å². The summed E-state index contributed by atoms with van der Waals surface area (Å²) in [5.74, 6) is 0.852. The van der Waals surface area contributed by atoms with E-state index in [1.165, 1.54) is 6.33 Å². The Morgan fingerprint density at radius 2 is 1.95 bits per heavy atom. The van der Waals surface area contributed by atoms with E-state index < -0.39 is 0 Å². The number of hydrogen-bond donors (Lipinski definition) is 1. The lowest BCUT2D eigenvalue weighted by Crippen LogP contribution is -1.85. The van der Waals surface area contributed by atoms with Crippen LogP contribution in [0.3, 0.4) is 0 Å². The summed E-state index contributed by atoms with van der Waals surface area (Å²) in [5, 5.41) is 0.395. The molecule has 0 atom stereocenters. The Balaban J connectivity index is 0.000000131. The van der Waals surface area contributed by atoms with E-state index in [1.807, 2.05) is 24.3 Å². The molecule has 0 fully saturated rings. The van der Waals surface area contributed by atoms with Crippen molar-refractivity contribution in [3.63, 3.8) is 0 Å². The molecule has 3 aromatic rings. The third-order valence-corrected chi connectivity index (χ3v) is 3.13. The van der Waals surface area contributed by atoms with Crippen molar-refractivity contribution < 1.29 is 4.74 Å². The van der Waals surface area contributed by atoms with Gasteiger partial charge < -0.3 is 9.72 Å². The van der Waals surface area contributed by atoms with Crippen molar-refractivity contribution >= 4 is 40.6 Å². The third kappa shape index (κ3) is 3.24. The highest BCUT2D eigenvalue weighted by atomic mass is 35.5. The number of rotatable bonds is 0. The van der Waals surface area contributed by atoms with Crippen molar-refractivity contribution in [2.24, 2.45) is 4.99 Å². The van der Waals surface area contributed by atoms with Crippen molar-refractivity contribution in [3.8, 4) is 5.75 Å². The zero-order valence-electron chi connectivity index (χ0n) is 11.1. The second-order valence-electron chi connectivity index (χ2n) is 4.10. The van der Waals surface area contributed by atoms with E-state index in [0.717, 1.165) is 11.3 Å². The molecule has 110 valence electrons. The van der Waals surface area contributed by atoms with Crippen LogP contribution >= 0.6 is 23.2 Å². The van der Waals surface area contributed by atoms with Gasteiger partial charge in [-0.15, -0.1) is 0 Å². The quantitative estimate of drug-likeness (QED) is 0.503. The second kappa shape index (κ2) is 6.55. The maximum absolute atomic E-state index is 5.70. The van der Waals surface area contributed by atoms with Crippen LogP contribution in [0.5, 0.6) is 5.75 Å². The van der Waals surface area contributed by atoms with E-state index >= 15 is 0 Å². The Hall–Kier alpha value is -2.44. The van der Waals surface area contributed by atoms with Gasteiger partial charge in [-0.2, -0.15) is 4.98 Å². The number of halogens is 2. The van der Waals surface area contributed by atoms with Gasteiger partial charge in [0.15, 0.2) is 10.8 Å². The number of benzene rings is 1. The van der Waals surface area contributed by atoms with Crippen LogP contribution in [-0.2, 0) is 0 Å². The normalized spacial score (nSPS) is 12.1. The number of nitrogens with one attached hydrogen (secondary N) is 1. The summed E-state index contributed by atoms with van der Waals surface area (Å²) in [5.41, 5.74) is 2.10. The van der Waals surface area contributed by atoms with E-state index in [9.17, 15) is 0 Å². The molecule has 4 rings (SSSR count). The lowest BCUT2D eigenvalue weighted by molar-refractivity contribution is 0.481. The fraction of sp³-hybridized carbons (Fsp3) is 0. The minimum Gasteiger partial charge on any atom is -0.463 e. The Bertz CT molecular complexity index is 859. The fourth-order valence-corrected chi connectivity index (χ4v) is 2.16. The Morgan fingerprint density at radius 3 is 2.86 bits per heavy atom. The van der Waals surface area contributed by atoms with Crippen molar-refractivity contribution in [1.82, 2.24) is 19.9 Å². The molecule has 0 amide bonds. The van der Waals surface area contributed by atoms with Crippen LogP contribution in [0.1, 0.15) is 5.56 Å². The molecule has 3 heterocycles. The first kappa shape index (κ1) is 14.5. The van der Waals surface area contributed by atoms with Crippen molar-refractivity contribution in [2.75, 3.05) is 0 Å². The van der Waals surface area contributed by atoms with Crippen LogP contribution in [0.25, 0.3) is 11.2 Å². The summed E-state index contributed by atoms with van der Waals surface area (Å²) in [4.78, 5) is 18.2. The molecule has 0 radical (unpaired) electrons. The highest BCUT2D eigenvalue weighted by Crippen LogP contribution is 2.18. The molecule has 1 aromatic carbocycles. The van der Waals surface area contributed by atoms with E-state index in [1.54, 1.807) is 18.7 Å². The summed E-state index contributed by atoms with van der Waals surface area (Å²) in [7, 11) is 0. The molecule has 8 heteroatoms. The smallest absolute Gasteiger partial charge is 0.225 e. The topological polar surface area (TPSA) is 76.1 Å². The van der Waals surface area contributed by atoms with Gasteiger partial charge in [0.2, 0.25) is 5.28 Å². The number of imidazole rings is 1. The molecule has 22 heavy (non-hydrogen) atoms. The van der Waals surface area contributed by atoms with Crippen LogP contribution < -0.4 is 4.74 Å². The minimum atomic E-state index is 0.106. The van der Waals surface area contributed by atoms with Gasteiger partial charge >= 0.3 is 0 Å². The number of nitrogens with zero attached hydrogens (tertiary/aromatic N) is 4. The molecular formula is C14H9Cl2N5O. The van der Waals surface area contributed by atoms with Gasteiger partial charge in [0, 0.05) is 11.8 Å². The van der Waals surface area contributed by atoms with E-state index in [4.69, 9.17) is 27.9 Å². The number of aliphatic imine (C=N–C) groups is 1. The van der Waals surface area contributed by atoms with Gasteiger partial charge in [0.25, 0.3) is 0 Å². The van der Waals surface area contributed by atoms with Gasteiger partial charge in [-0.1, -0.05) is 23.7 Å². The number of aromatic nitrogens is 4. The molecule has 0 saturated heterocycles. The second-order valence-corrected chi connectivity index (χ2v) is 4.80. The molecule has 1 N–H and O–H groups in total. The first-order valence-electron chi connectivity index (χ1n) is 6.20. The first-order chi connectivity index (χ1) is 10.7. The summed E-state index contributed by atoms with van der Waals surface area (Å²) in [6.45, 7) is 0. The molecule has 6 nitrogen and oxygen atoms in total. The van der Waals surface area contributed by atoms with Crippen LogP contribution in [0.2, 0.25) is 10.4 Å². The molecule has 0 unspecified atom stereocenters. The van der Waals surface area contributed by atoms with Gasteiger partial charge in [0.1, 0.15) is 17.5 Å². The maximum atomic E-state index is 5.70. The number of H-pyrrole nitrogens is 1. The SMILES string of the molecule is C1=COc2ccccc2C=N1.Clc1nc(Cl)c2[nH]cnc2n1. The lowest BCUT2D eigenvalue weighted by Gasteiger charge is -1.99. The highest BCUT2D eigenvalue weighted by Gasteiger charge is 2.05. The van der Waals surface area contributed by atoms with E-state index in [0.29, 0.717) is 11.2 Å². The van der Waals surface area contributed by atoms with Crippen molar-refractivity contribution in [1.29, 1.82) is 0 Å². The molecule has 0 bridgehead atoms.